The molecule has 0 N–H and O–H groups in total. The van der Waals surface area contributed by atoms with E-state index in [1.807, 2.05) is 44.3 Å². The largest absolute Gasteiger partial charge is 0.318 e. The fraction of sp³-hybridized carbons (Fsp3) is 0.105. The molecule has 0 aliphatic rings. The van der Waals surface area contributed by atoms with Gasteiger partial charge in [0.1, 0.15) is 5.82 Å². The van der Waals surface area contributed by atoms with Crippen LogP contribution >= 0.6 is 11.6 Å². The number of rotatable bonds is 3. The Bertz CT molecular complexity index is 864. The van der Waals surface area contributed by atoms with Gasteiger partial charge in [-0.25, -0.2) is 4.39 Å². The molecule has 2 nitrogen and oxygen atoms in total. The van der Waals surface area contributed by atoms with Crippen LogP contribution in [0.5, 0.6) is 0 Å². The topological polar surface area (TPSA) is 17.3 Å². The highest BCUT2D eigenvalue weighted by Crippen LogP contribution is 2.22. The first-order valence-electron chi connectivity index (χ1n) is 7.29. The van der Waals surface area contributed by atoms with E-state index < -0.39 is 0 Å². The Balaban J connectivity index is 1.96. The zero-order valence-electron chi connectivity index (χ0n) is 12.9. The Morgan fingerprint density at radius 2 is 1.78 bits per heavy atom. The van der Waals surface area contributed by atoms with Gasteiger partial charge in [0.05, 0.1) is 5.69 Å². The molecule has 1 heterocycles. The minimum absolute atomic E-state index is 0.237. The second kappa shape index (κ2) is 6.39. The number of hydrogen-bond acceptors (Lipinski definition) is 1. The summed E-state index contributed by atoms with van der Waals surface area (Å²) in [6, 6.07) is 16.0. The summed E-state index contributed by atoms with van der Waals surface area (Å²) in [5, 5.41) is 0.663. The van der Waals surface area contributed by atoms with Gasteiger partial charge in [-0.05, 0) is 62.4 Å². The average molecular weight is 327 g/mol. The molecule has 2 aromatic carbocycles. The molecule has 0 aliphatic heterocycles. The van der Waals surface area contributed by atoms with Gasteiger partial charge in [-0.1, -0.05) is 17.7 Å². The molecule has 0 bridgehead atoms. The van der Waals surface area contributed by atoms with E-state index in [4.69, 9.17) is 11.6 Å². The molecule has 1 aromatic heterocycles. The highest BCUT2D eigenvalue weighted by atomic mass is 35.5. The predicted molar refractivity (Wildman–Crippen MR) is 93.9 cm³/mol. The molecule has 0 unspecified atom stereocenters. The summed E-state index contributed by atoms with van der Waals surface area (Å²) in [5.74, 6) is -0.237. The van der Waals surface area contributed by atoms with Crippen LogP contribution in [0.3, 0.4) is 0 Å². The number of halogens is 2. The van der Waals surface area contributed by atoms with Crippen LogP contribution in [0.15, 0.2) is 59.6 Å². The van der Waals surface area contributed by atoms with E-state index >= 15 is 0 Å². The lowest BCUT2D eigenvalue weighted by molar-refractivity contribution is 0.627. The second-order valence-corrected chi connectivity index (χ2v) is 5.81. The standard InChI is InChI=1S/C19H16ClFN2/c1-13-10-15(12-22-18-5-3-4-16(20)11-18)14(2)23(13)19-8-6-17(21)7-9-19/h3-12H,1-2H3. The van der Waals surface area contributed by atoms with Crippen molar-refractivity contribution in [1.82, 2.24) is 4.57 Å². The van der Waals surface area contributed by atoms with Crippen LogP contribution < -0.4 is 0 Å². The van der Waals surface area contributed by atoms with Gasteiger partial charge >= 0.3 is 0 Å². The molecular weight excluding hydrogens is 311 g/mol. The molecule has 0 saturated heterocycles. The lowest BCUT2D eigenvalue weighted by Crippen LogP contribution is -1.99. The molecule has 0 fully saturated rings. The second-order valence-electron chi connectivity index (χ2n) is 5.38. The van der Waals surface area contributed by atoms with Gasteiger partial charge in [0, 0.05) is 33.9 Å². The number of aryl methyl sites for hydroxylation is 1. The Labute approximate surface area is 139 Å². The maximum atomic E-state index is 13.1. The lowest BCUT2D eigenvalue weighted by atomic mass is 10.2. The summed E-state index contributed by atoms with van der Waals surface area (Å²) in [7, 11) is 0. The summed E-state index contributed by atoms with van der Waals surface area (Å²) in [6.45, 7) is 4.04. The van der Waals surface area contributed by atoms with Crippen LogP contribution in [0.25, 0.3) is 5.69 Å². The smallest absolute Gasteiger partial charge is 0.123 e. The molecule has 0 aliphatic carbocycles. The molecule has 0 atom stereocenters. The summed E-state index contributed by atoms with van der Waals surface area (Å²) >= 11 is 5.97. The fourth-order valence-electron chi connectivity index (χ4n) is 2.61. The first kappa shape index (κ1) is 15.5. The van der Waals surface area contributed by atoms with E-state index in [-0.39, 0.29) is 5.82 Å². The zero-order valence-corrected chi connectivity index (χ0v) is 13.7. The van der Waals surface area contributed by atoms with Crippen LogP contribution in [0.4, 0.5) is 10.1 Å². The molecule has 0 radical (unpaired) electrons. The van der Waals surface area contributed by atoms with Gasteiger partial charge in [-0.15, -0.1) is 0 Å². The van der Waals surface area contributed by atoms with E-state index in [0.29, 0.717) is 5.02 Å². The highest BCUT2D eigenvalue weighted by Gasteiger charge is 2.09. The van der Waals surface area contributed by atoms with Gasteiger partial charge < -0.3 is 4.57 Å². The summed E-state index contributed by atoms with van der Waals surface area (Å²) in [5.41, 5.74) is 4.89. The number of aliphatic imine (C=N–C) groups is 1. The maximum Gasteiger partial charge on any atom is 0.123 e. The third-order valence-electron chi connectivity index (χ3n) is 3.72. The Morgan fingerprint density at radius 3 is 2.48 bits per heavy atom. The summed E-state index contributed by atoms with van der Waals surface area (Å²) in [4.78, 5) is 4.48. The SMILES string of the molecule is Cc1cc(C=Nc2cccc(Cl)c2)c(C)n1-c1ccc(F)cc1. The zero-order chi connectivity index (χ0) is 16.4. The summed E-state index contributed by atoms with van der Waals surface area (Å²) in [6.07, 6.45) is 1.83. The van der Waals surface area contributed by atoms with E-state index in [2.05, 4.69) is 15.6 Å². The van der Waals surface area contributed by atoms with Crippen LogP contribution in [-0.4, -0.2) is 10.8 Å². The van der Waals surface area contributed by atoms with Gasteiger partial charge in [0.25, 0.3) is 0 Å². The van der Waals surface area contributed by atoms with Crippen LogP contribution in [-0.2, 0) is 0 Å². The van der Waals surface area contributed by atoms with Crippen molar-refractivity contribution in [3.05, 3.63) is 82.4 Å². The highest BCUT2D eigenvalue weighted by molar-refractivity contribution is 6.30. The molecule has 0 spiro atoms. The molecule has 0 saturated carbocycles. The number of aromatic nitrogens is 1. The van der Waals surface area contributed by atoms with E-state index in [0.717, 1.165) is 28.3 Å². The molecule has 3 aromatic rings. The van der Waals surface area contributed by atoms with Gasteiger partial charge in [-0.2, -0.15) is 0 Å². The third kappa shape index (κ3) is 3.35. The van der Waals surface area contributed by atoms with Crippen molar-refractivity contribution in [2.24, 2.45) is 4.99 Å². The molecule has 23 heavy (non-hydrogen) atoms. The van der Waals surface area contributed by atoms with E-state index in [9.17, 15) is 4.39 Å². The Hall–Kier alpha value is -2.39. The van der Waals surface area contributed by atoms with Crippen LogP contribution in [0.1, 0.15) is 17.0 Å². The van der Waals surface area contributed by atoms with Crippen molar-refractivity contribution in [2.45, 2.75) is 13.8 Å². The van der Waals surface area contributed by atoms with Gasteiger partial charge in [0.2, 0.25) is 0 Å². The first-order valence-corrected chi connectivity index (χ1v) is 7.67. The van der Waals surface area contributed by atoms with Crippen LogP contribution in [0, 0.1) is 19.7 Å². The van der Waals surface area contributed by atoms with Crippen molar-refractivity contribution in [3.63, 3.8) is 0 Å². The van der Waals surface area contributed by atoms with Gasteiger partial charge in [-0.3, -0.25) is 4.99 Å². The summed E-state index contributed by atoms with van der Waals surface area (Å²) < 4.78 is 15.2. The maximum absolute atomic E-state index is 13.1. The molecule has 0 amide bonds. The Kier molecular flexibility index (Phi) is 4.30. The quantitative estimate of drug-likeness (QED) is 0.554. The van der Waals surface area contributed by atoms with Crippen molar-refractivity contribution >= 4 is 23.5 Å². The average Bonchev–Trinajstić information content (AvgIpc) is 2.81. The number of nitrogens with zero attached hydrogens (tertiary/aromatic N) is 2. The lowest BCUT2D eigenvalue weighted by Gasteiger charge is -2.09. The fourth-order valence-corrected chi connectivity index (χ4v) is 2.79. The molecular formula is C19H16ClFN2. The predicted octanol–water partition coefficient (Wildman–Crippen LogP) is 5.64. The van der Waals surface area contributed by atoms with E-state index in [1.54, 1.807) is 12.1 Å². The van der Waals surface area contributed by atoms with Gasteiger partial charge in [0.15, 0.2) is 0 Å². The molecule has 4 heteroatoms. The molecule has 3 rings (SSSR count). The van der Waals surface area contributed by atoms with E-state index in [1.165, 1.54) is 12.1 Å². The normalized spacial score (nSPS) is 11.3. The Morgan fingerprint density at radius 1 is 1.04 bits per heavy atom. The van der Waals surface area contributed by atoms with Crippen molar-refractivity contribution in [3.8, 4) is 5.69 Å². The van der Waals surface area contributed by atoms with Crippen molar-refractivity contribution < 1.29 is 4.39 Å². The minimum atomic E-state index is -0.237. The van der Waals surface area contributed by atoms with Crippen molar-refractivity contribution in [1.29, 1.82) is 0 Å². The minimum Gasteiger partial charge on any atom is -0.318 e. The number of benzene rings is 2. The monoisotopic (exact) mass is 326 g/mol. The molecule has 116 valence electrons. The third-order valence-corrected chi connectivity index (χ3v) is 3.95. The van der Waals surface area contributed by atoms with Crippen LogP contribution in [0.2, 0.25) is 5.02 Å². The van der Waals surface area contributed by atoms with Crippen molar-refractivity contribution in [2.75, 3.05) is 0 Å². The number of hydrogen-bond donors (Lipinski definition) is 0. The first-order chi connectivity index (χ1) is 11.0.